The molecule has 1 atom stereocenters. The van der Waals surface area contributed by atoms with Crippen LogP contribution in [0.5, 0.6) is 0 Å². The highest BCUT2D eigenvalue weighted by Crippen LogP contribution is 2.35. The predicted octanol–water partition coefficient (Wildman–Crippen LogP) is 4.55. The second-order valence-corrected chi connectivity index (χ2v) is 7.22. The molecule has 0 radical (unpaired) electrons. The summed E-state index contributed by atoms with van der Waals surface area (Å²) in [6.45, 7) is 1.87. The maximum absolute atomic E-state index is 13.2. The molecule has 0 bridgehead atoms. The van der Waals surface area contributed by atoms with Crippen molar-refractivity contribution in [3.63, 3.8) is 0 Å². The topological polar surface area (TPSA) is 62.1 Å². The second kappa shape index (κ2) is 7.35. The molecule has 0 aliphatic heterocycles. The summed E-state index contributed by atoms with van der Waals surface area (Å²) in [5.74, 6) is 0.336. The first-order chi connectivity index (χ1) is 13.6. The van der Waals surface area contributed by atoms with Gasteiger partial charge in [-0.05, 0) is 25.0 Å². The van der Waals surface area contributed by atoms with Crippen molar-refractivity contribution in [2.24, 2.45) is 0 Å². The minimum atomic E-state index is -0.379. The van der Waals surface area contributed by atoms with Crippen LogP contribution in [0, 0.1) is 6.92 Å². The van der Waals surface area contributed by atoms with Crippen molar-refractivity contribution in [1.82, 2.24) is 15.0 Å². The Kier molecular flexibility index (Phi) is 4.74. The Bertz CT molecular complexity index is 1110. The van der Waals surface area contributed by atoms with Crippen LogP contribution in [0.25, 0.3) is 22.2 Å². The smallest absolute Gasteiger partial charge is 0.230 e. The third kappa shape index (κ3) is 3.20. The first-order valence-electron chi connectivity index (χ1n) is 9.34. The molecule has 142 valence electrons. The number of likely N-dealkylation sites (N-methyl/N-ethyl adjacent to an activating group) is 1. The van der Waals surface area contributed by atoms with Crippen molar-refractivity contribution in [3.8, 4) is 11.3 Å². The molecule has 2 heterocycles. The van der Waals surface area contributed by atoms with Crippen molar-refractivity contribution in [2.45, 2.75) is 19.3 Å². The van der Waals surface area contributed by atoms with Gasteiger partial charge in [-0.2, -0.15) is 0 Å². The minimum absolute atomic E-state index is 0.0359. The van der Waals surface area contributed by atoms with Crippen LogP contribution >= 0.6 is 0 Å². The Morgan fingerprint density at radius 2 is 1.82 bits per heavy atom. The van der Waals surface area contributed by atoms with E-state index >= 15 is 0 Å². The highest BCUT2D eigenvalue weighted by molar-refractivity contribution is 5.88. The largest absolute Gasteiger partial charge is 0.361 e. The van der Waals surface area contributed by atoms with E-state index in [2.05, 4.69) is 16.2 Å². The van der Waals surface area contributed by atoms with Crippen LogP contribution in [0.3, 0.4) is 0 Å². The number of carbonyl (C=O) groups excluding carboxylic acids is 1. The zero-order chi connectivity index (χ0) is 19.7. The standard InChI is InChI=1S/C23H23N3O2/c1-15-21(22(25-28-15)16-9-5-4-6-10-16)19(23(27)26(2)3)13-17-14-24-20-12-8-7-11-18(17)20/h4-12,14,19,24H,13H2,1-3H3. The van der Waals surface area contributed by atoms with Gasteiger partial charge in [0.2, 0.25) is 5.91 Å². The van der Waals surface area contributed by atoms with Gasteiger partial charge in [0.15, 0.2) is 0 Å². The molecular weight excluding hydrogens is 350 g/mol. The molecule has 0 saturated heterocycles. The number of H-pyrrole nitrogens is 1. The van der Waals surface area contributed by atoms with Crippen molar-refractivity contribution in [2.75, 3.05) is 14.1 Å². The molecule has 0 aliphatic carbocycles. The van der Waals surface area contributed by atoms with E-state index in [1.54, 1.807) is 19.0 Å². The van der Waals surface area contributed by atoms with Gasteiger partial charge in [-0.25, -0.2) is 0 Å². The van der Waals surface area contributed by atoms with E-state index in [1.807, 2.05) is 61.7 Å². The van der Waals surface area contributed by atoms with E-state index < -0.39 is 0 Å². The van der Waals surface area contributed by atoms with Crippen molar-refractivity contribution in [3.05, 3.63) is 77.7 Å². The van der Waals surface area contributed by atoms with E-state index in [4.69, 9.17) is 4.52 Å². The van der Waals surface area contributed by atoms with Crippen LogP contribution in [-0.2, 0) is 11.2 Å². The van der Waals surface area contributed by atoms with E-state index in [-0.39, 0.29) is 11.8 Å². The van der Waals surface area contributed by atoms with Gasteiger partial charge in [0.1, 0.15) is 11.5 Å². The number of amides is 1. The summed E-state index contributed by atoms with van der Waals surface area (Å²) in [4.78, 5) is 18.1. The first kappa shape index (κ1) is 18.0. The highest BCUT2D eigenvalue weighted by Gasteiger charge is 2.31. The number of rotatable bonds is 5. The van der Waals surface area contributed by atoms with Gasteiger partial charge in [0, 0.05) is 42.3 Å². The average molecular weight is 373 g/mol. The number of aryl methyl sites for hydroxylation is 1. The zero-order valence-corrected chi connectivity index (χ0v) is 16.3. The fraction of sp³-hybridized carbons (Fsp3) is 0.217. The van der Waals surface area contributed by atoms with Gasteiger partial charge in [-0.3, -0.25) is 4.79 Å². The number of nitrogens with zero attached hydrogens (tertiary/aromatic N) is 2. The lowest BCUT2D eigenvalue weighted by Crippen LogP contribution is -2.30. The zero-order valence-electron chi connectivity index (χ0n) is 16.3. The normalized spacial score (nSPS) is 12.2. The fourth-order valence-electron chi connectivity index (χ4n) is 3.74. The molecular formula is C23H23N3O2. The molecule has 28 heavy (non-hydrogen) atoms. The summed E-state index contributed by atoms with van der Waals surface area (Å²) >= 11 is 0. The fourth-order valence-corrected chi connectivity index (χ4v) is 3.74. The lowest BCUT2D eigenvalue weighted by molar-refractivity contribution is -0.130. The Labute approximate surface area is 164 Å². The first-order valence-corrected chi connectivity index (χ1v) is 9.34. The molecule has 1 unspecified atom stereocenters. The quantitative estimate of drug-likeness (QED) is 0.558. The molecule has 2 aromatic heterocycles. The molecule has 4 rings (SSSR count). The van der Waals surface area contributed by atoms with Crippen LogP contribution in [0.2, 0.25) is 0 Å². The van der Waals surface area contributed by atoms with Gasteiger partial charge in [0.05, 0.1) is 5.92 Å². The summed E-state index contributed by atoms with van der Waals surface area (Å²) in [7, 11) is 3.57. The molecule has 0 spiro atoms. The molecule has 4 aromatic rings. The molecule has 1 amide bonds. The monoisotopic (exact) mass is 373 g/mol. The number of para-hydroxylation sites is 1. The van der Waals surface area contributed by atoms with Gasteiger partial charge in [-0.15, -0.1) is 0 Å². The molecule has 0 aliphatic rings. The van der Waals surface area contributed by atoms with Gasteiger partial charge in [-0.1, -0.05) is 53.7 Å². The number of benzene rings is 2. The SMILES string of the molecule is Cc1onc(-c2ccccc2)c1C(Cc1c[nH]c2ccccc12)C(=O)N(C)C. The van der Waals surface area contributed by atoms with Crippen LogP contribution in [-0.4, -0.2) is 35.0 Å². The highest BCUT2D eigenvalue weighted by atomic mass is 16.5. The number of fused-ring (bicyclic) bond motifs is 1. The third-order valence-electron chi connectivity index (χ3n) is 5.14. The van der Waals surface area contributed by atoms with Crippen molar-refractivity contribution >= 4 is 16.8 Å². The summed E-state index contributed by atoms with van der Waals surface area (Å²) in [6, 6.07) is 18.0. The van der Waals surface area contributed by atoms with Crippen LogP contribution < -0.4 is 0 Å². The number of carbonyl (C=O) groups is 1. The lowest BCUT2D eigenvalue weighted by atomic mass is 9.87. The predicted molar refractivity (Wildman–Crippen MR) is 110 cm³/mol. The molecule has 5 heteroatoms. The summed E-state index contributed by atoms with van der Waals surface area (Å²) in [6.07, 6.45) is 2.56. The minimum Gasteiger partial charge on any atom is -0.361 e. The maximum atomic E-state index is 13.2. The van der Waals surface area contributed by atoms with Crippen molar-refractivity contribution < 1.29 is 9.32 Å². The molecule has 0 fully saturated rings. The van der Waals surface area contributed by atoms with Crippen LogP contribution in [0.15, 0.2) is 65.3 Å². The molecule has 2 aromatic carbocycles. The second-order valence-electron chi connectivity index (χ2n) is 7.22. The van der Waals surface area contributed by atoms with E-state index in [1.165, 1.54) is 0 Å². The average Bonchev–Trinajstić information content (AvgIpc) is 3.30. The summed E-state index contributed by atoms with van der Waals surface area (Å²) < 4.78 is 5.54. The van der Waals surface area contributed by atoms with Crippen molar-refractivity contribution in [1.29, 1.82) is 0 Å². The van der Waals surface area contributed by atoms with Gasteiger partial charge < -0.3 is 14.4 Å². The lowest BCUT2D eigenvalue weighted by Gasteiger charge is -2.21. The number of hydrogen-bond donors (Lipinski definition) is 1. The number of aromatic nitrogens is 2. The number of hydrogen-bond acceptors (Lipinski definition) is 3. The van der Waals surface area contributed by atoms with E-state index in [0.717, 1.165) is 33.3 Å². The van der Waals surface area contributed by atoms with E-state index in [9.17, 15) is 4.79 Å². The summed E-state index contributed by atoms with van der Waals surface area (Å²) in [5, 5.41) is 5.42. The molecule has 1 N–H and O–H groups in total. The van der Waals surface area contributed by atoms with Crippen LogP contribution in [0.4, 0.5) is 0 Å². The Hall–Kier alpha value is -3.34. The van der Waals surface area contributed by atoms with Crippen LogP contribution in [0.1, 0.15) is 22.8 Å². The third-order valence-corrected chi connectivity index (χ3v) is 5.14. The number of nitrogens with one attached hydrogen (secondary N) is 1. The van der Waals surface area contributed by atoms with Gasteiger partial charge in [0.25, 0.3) is 0 Å². The summed E-state index contributed by atoms with van der Waals surface area (Å²) in [5.41, 5.74) is 4.72. The Morgan fingerprint density at radius 1 is 1.11 bits per heavy atom. The van der Waals surface area contributed by atoms with Gasteiger partial charge >= 0.3 is 0 Å². The molecule has 0 saturated carbocycles. The Morgan fingerprint density at radius 3 is 2.57 bits per heavy atom. The Balaban J connectivity index is 1.82. The van der Waals surface area contributed by atoms with E-state index in [0.29, 0.717) is 12.2 Å². The number of aromatic amines is 1. The maximum Gasteiger partial charge on any atom is 0.230 e. The molecule has 5 nitrogen and oxygen atoms in total.